The number of halogens is 1. The number of ether oxygens (including phenoxy) is 1. The Labute approximate surface area is 112 Å². The summed E-state index contributed by atoms with van der Waals surface area (Å²) in [5.41, 5.74) is 6.36. The highest BCUT2D eigenvalue weighted by Gasteiger charge is 2.06. The molecule has 7 heteroatoms. The van der Waals surface area contributed by atoms with Crippen LogP contribution in [0.25, 0.3) is 0 Å². The van der Waals surface area contributed by atoms with E-state index in [9.17, 15) is 9.59 Å². The van der Waals surface area contributed by atoms with Gasteiger partial charge in [0.2, 0.25) is 5.91 Å². The standard InChI is InChI=1S/C11H13BrN2O4/c12-9-5-7(1-2-8(9)11(13)17)14-3-4-18-6-10(15)16/h1-2,5,14H,3-4,6H2,(H2,13,17)(H,15,16). The van der Waals surface area contributed by atoms with Crippen molar-refractivity contribution in [2.24, 2.45) is 5.73 Å². The lowest BCUT2D eigenvalue weighted by Crippen LogP contribution is -2.15. The average Bonchev–Trinajstić information content (AvgIpc) is 2.27. The Morgan fingerprint density at radius 3 is 2.72 bits per heavy atom. The quantitative estimate of drug-likeness (QED) is 0.653. The van der Waals surface area contributed by atoms with Gasteiger partial charge < -0.3 is 20.9 Å². The summed E-state index contributed by atoms with van der Waals surface area (Å²) >= 11 is 3.24. The number of benzene rings is 1. The maximum Gasteiger partial charge on any atom is 0.329 e. The van der Waals surface area contributed by atoms with Crippen LogP contribution in [0.15, 0.2) is 22.7 Å². The fraction of sp³-hybridized carbons (Fsp3) is 0.273. The van der Waals surface area contributed by atoms with Crippen LogP contribution in [-0.4, -0.2) is 36.7 Å². The number of carboxylic acids is 1. The van der Waals surface area contributed by atoms with E-state index < -0.39 is 11.9 Å². The fourth-order valence-corrected chi connectivity index (χ4v) is 1.83. The van der Waals surface area contributed by atoms with Crippen LogP contribution in [0, 0.1) is 0 Å². The van der Waals surface area contributed by atoms with Gasteiger partial charge in [-0.15, -0.1) is 0 Å². The Morgan fingerprint density at radius 2 is 2.17 bits per heavy atom. The number of nitrogens with two attached hydrogens (primary N) is 1. The predicted molar refractivity (Wildman–Crippen MR) is 69.6 cm³/mol. The molecule has 0 unspecified atom stereocenters. The molecule has 4 N–H and O–H groups in total. The summed E-state index contributed by atoms with van der Waals surface area (Å²) < 4.78 is 5.46. The molecule has 0 saturated heterocycles. The van der Waals surface area contributed by atoms with E-state index in [2.05, 4.69) is 21.2 Å². The molecule has 0 heterocycles. The Morgan fingerprint density at radius 1 is 1.44 bits per heavy atom. The van der Waals surface area contributed by atoms with E-state index >= 15 is 0 Å². The molecule has 0 aliphatic carbocycles. The molecule has 0 aliphatic heterocycles. The average molecular weight is 317 g/mol. The smallest absolute Gasteiger partial charge is 0.329 e. The molecule has 0 spiro atoms. The highest BCUT2D eigenvalue weighted by molar-refractivity contribution is 9.10. The summed E-state index contributed by atoms with van der Waals surface area (Å²) in [6, 6.07) is 5.03. The van der Waals surface area contributed by atoms with Crippen LogP contribution >= 0.6 is 15.9 Å². The van der Waals surface area contributed by atoms with E-state index in [1.165, 1.54) is 0 Å². The highest BCUT2D eigenvalue weighted by atomic mass is 79.9. The van der Waals surface area contributed by atoms with Gasteiger partial charge >= 0.3 is 5.97 Å². The predicted octanol–water partition coefficient (Wildman–Crippen LogP) is 1.06. The second-order valence-corrected chi connectivity index (χ2v) is 4.29. The van der Waals surface area contributed by atoms with E-state index in [1.54, 1.807) is 18.2 Å². The third kappa shape index (κ3) is 4.72. The molecule has 0 aromatic heterocycles. The number of carbonyl (C=O) groups excluding carboxylic acids is 1. The van der Waals surface area contributed by atoms with Crippen LogP contribution in [0.3, 0.4) is 0 Å². The molecule has 6 nitrogen and oxygen atoms in total. The Kier molecular flexibility index (Phi) is 5.60. The molecular formula is C11H13BrN2O4. The van der Waals surface area contributed by atoms with Crippen molar-refractivity contribution >= 4 is 33.5 Å². The van der Waals surface area contributed by atoms with Crippen LogP contribution in [0.2, 0.25) is 0 Å². The molecular weight excluding hydrogens is 304 g/mol. The van der Waals surface area contributed by atoms with Gasteiger partial charge in [-0.05, 0) is 34.1 Å². The van der Waals surface area contributed by atoms with Crippen LogP contribution in [-0.2, 0) is 9.53 Å². The van der Waals surface area contributed by atoms with Gasteiger partial charge in [-0.1, -0.05) is 0 Å². The minimum atomic E-state index is -0.997. The molecule has 1 rings (SSSR count). The minimum Gasteiger partial charge on any atom is -0.480 e. The molecule has 0 fully saturated rings. The molecule has 18 heavy (non-hydrogen) atoms. The first-order valence-electron chi connectivity index (χ1n) is 5.13. The van der Waals surface area contributed by atoms with Crippen molar-refractivity contribution in [3.63, 3.8) is 0 Å². The largest absolute Gasteiger partial charge is 0.480 e. The summed E-state index contributed by atoms with van der Waals surface area (Å²) in [5.74, 6) is -1.50. The number of nitrogens with one attached hydrogen (secondary N) is 1. The molecule has 0 saturated carbocycles. The summed E-state index contributed by atoms with van der Waals surface area (Å²) in [7, 11) is 0. The normalized spacial score (nSPS) is 10.1. The third-order valence-electron chi connectivity index (χ3n) is 2.04. The van der Waals surface area contributed by atoms with Crippen molar-refractivity contribution in [1.82, 2.24) is 0 Å². The lowest BCUT2D eigenvalue weighted by atomic mass is 10.2. The first-order valence-corrected chi connectivity index (χ1v) is 5.93. The number of aliphatic carboxylic acids is 1. The Bertz CT molecular complexity index is 451. The van der Waals surface area contributed by atoms with Crippen molar-refractivity contribution in [2.75, 3.05) is 25.1 Å². The second kappa shape index (κ2) is 6.97. The van der Waals surface area contributed by atoms with Crippen molar-refractivity contribution in [3.05, 3.63) is 28.2 Å². The first-order chi connectivity index (χ1) is 8.50. The van der Waals surface area contributed by atoms with Crippen molar-refractivity contribution in [1.29, 1.82) is 0 Å². The molecule has 0 aliphatic rings. The minimum absolute atomic E-state index is 0.279. The number of anilines is 1. The topological polar surface area (TPSA) is 102 Å². The Balaban J connectivity index is 2.42. The number of carboxylic acid groups (broad SMARTS) is 1. The molecule has 98 valence electrons. The monoisotopic (exact) mass is 316 g/mol. The van der Waals surface area contributed by atoms with Crippen molar-refractivity contribution < 1.29 is 19.4 Å². The molecule has 1 aromatic carbocycles. The van der Waals surface area contributed by atoms with E-state index in [1.807, 2.05) is 0 Å². The van der Waals surface area contributed by atoms with Gasteiger partial charge in [-0.2, -0.15) is 0 Å². The zero-order valence-corrected chi connectivity index (χ0v) is 11.1. The first kappa shape index (κ1) is 14.5. The molecule has 1 aromatic rings. The van der Waals surface area contributed by atoms with Crippen molar-refractivity contribution in [2.45, 2.75) is 0 Å². The number of amides is 1. The van der Waals surface area contributed by atoms with Gasteiger partial charge in [0.25, 0.3) is 0 Å². The van der Waals surface area contributed by atoms with Crippen LogP contribution in [0.5, 0.6) is 0 Å². The summed E-state index contributed by atoms with van der Waals surface area (Å²) in [5, 5.41) is 11.4. The molecule has 1 amide bonds. The lowest BCUT2D eigenvalue weighted by Gasteiger charge is -2.08. The number of carbonyl (C=O) groups is 2. The lowest BCUT2D eigenvalue weighted by molar-refractivity contribution is -0.142. The van der Waals surface area contributed by atoms with Gasteiger partial charge in [0.05, 0.1) is 12.2 Å². The van der Waals surface area contributed by atoms with Crippen molar-refractivity contribution in [3.8, 4) is 0 Å². The van der Waals surface area contributed by atoms with Gasteiger partial charge in [0, 0.05) is 16.7 Å². The third-order valence-corrected chi connectivity index (χ3v) is 2.69. The number of hydrogen-bond acceptors (Lipinski definition) is 4. The fourth-order valence-electron chi connectivity index (χ4n) is 1.25. The number of hydrogen-bond donors (Lipinski definition) is 3. The second-order valence-electron chi connectivity index (χ2n) is 3.43. The van der Waals surface area contributed by atoms with Gasteiger partial charge in [-0.25, -0.2) is 4.79 Å². The van der Waals surface area contributed by atoms with Crippen LogP contribution in [0.4, 0.5) is 5.69 Å². The van der Waals surface area contributed by atoms with Gasteiger partial charge in [-0.3, -0.25) is 4.79 Å². The van der Waals surface area contributed by atoms with E-state index in [0.29, 0.717) is 16.6 Å². The maximum absolute atomic E-state index is 11.0. The maximum atomic E-state index is 11.0. The van der Waals surface area contributed by atoms with E-state index in [-0.39, 0.29) is 13.2 Å². The molecule has 0 atom stereocenters. The van der Waals surface area contributed by atoms with E-state index in [4.69, 9.17) is 15.6 Å². The molecule has 0 radical (unpaired) electrons. The summed E-state index contributed by atoms with van der Waals surface area (Å²) in [4.78, 5) is 21.2. The zero-order valence-electron chi connectivity index (χ0n) is 9.48. The Hall–Kier alpha value is -1.60. The van der Waals surface area contributed by atoms with Gasteiger partial charge in [0.15, 0.2) is 0 Å². The van der Waals surface area contributed by atoms with Crippen LogP contribution < -0.4 is 11.1 Å². The van der Waals surface area contributed by atoms with Gasteiger partial charge in [0.1, 0.15) is 6.61 Å². The SMILES string of the molecule is NC(=O)c1ccc(NCCOCC(=O)O)cc1Br. The number of rotatable bonds is 7. The van der Waals surface area contributed by atoms with Crippen LogP contribution in [0.1, 0.15) is 10.4 Å². The number of primary amides is 1. The van der Waals surface area contributed by atoms with E-state index in [0.717, 1.165) is 5.69 Å². The highest BCUT2D eigenvalue weighted by Crippen LogP contribution is 2.20. The zero-order chi connectivity index (χ0) is 13.5. The summed E-state index contributed by atoms with van der Waals surface area (Å²) in [6.45, 7) is 0.434. The summed E-state index contributed by atoms with van der Waals surface area (Å²) in [6.07, 6.45) is 0. The molecule has 0 bridgehead atoms.